The first-order valence-corrected chi connectivity index (χ1v) is 3.62. The molecule has 11 heavy (non-hydrogen) atoms. The van der Waals surface area contributed by atoms with Crippen LogP contribution in [0.25, 0.3) is 0 Å². The van der Waals surface area contributed by atoms with Gasteiger partial charge in [-0.2, -0.15) is 0 Å². The number of rotatable bonds is 2. The van der Waals surface area contributed by atoms with Crippen LogP contribution in [0, 0.1) is 6.92 Å². The molecule has 0 fully saturated rings. The summed E-state index contributed by atoms with van der Waals surface area (Å²) in [6.45, 7) is 1.98. The van der Waals surface area contributed by atoms with Crippen molar-refractivity contribution in [1.82, 2.24) is 0 Å². The third-order valence-corrected chi connectivity index (χ3v) is 1.45. The van der Waals surface area contributed by atoms with Gasteiger partial charge in [-0.15, -0.1) is 0 Å². The van der Waals surface area contributed by atoms with E-state index in [0.29, 0.717) is 5.75 Å². The molecule has 0 saturated carbocycles. The van der Waals surface area contributed by atoms with Crippen LogP contribution in [0.15, 0.2) is 24.3 Å². The second kappa shape index (κ2) is 5.73. The van der Waals surface area contributed by atoms with E-state index >= 15 is 0 Å². The maximum atomic E-state index is 9.93. The minimum absolute atomic E-state index is 0. The van der Waals surface area contributed by atoms with Crippen LogP contribution in [0.1, 0.15) is 5.56 Å². The van der Waals surface area contributed by atoms with Crippen LogP contribution in [0.4, 0.5) is 0 Å². The molecule has 0 spiro atoms. The van der Waals surface area contributed by atoms with Crippen LogP contribution in [-0.4, -0.2) is 29.6 Å². The van der Waals surface area contributed by atoms with Crippen molar-refractivity contribution >= 4 is 38.2 Å². The monoisotopic (exact) mass is 178 g/mol. The molecular formula is C7H8NaO2P. The Morgan fingerprint density at radius 3 is 2.27 bits per heavy atom. The van der Waals surface area contributed by atoms with Crippen molar-refractivity contribution in [3.05, 3.63) is 29.8 Å². The van der Waals surface area contributed by atoms with E-state index in [1.165, 1.54) is 0 Å². The fourth-order valence-corrected chi connectivity index (χ4v) is 0.850. The molecule has 0 amide bonds. The van der Waals surface area contributed by atoms with E-state index in [2.05, 4.69) is 4.52 Å². The first-order chi connectivity index (χ1) is 4.83. The second-order valence-corrected chi connectivity index (χ2v) is 2.31. The van der Waals surface area contributed by atoms with Gasteiger partial charge in [0.15, 0.2) is 0 Å². The summed E-state index contributed by atoms with van der Waals surface area (Å²) in [7, 11) is -0.304. The van der Waals surface area contributed by atoms with E-state index in [1.807, 2.05) is 19.1 Å². The standard InChI is InChI=1S/C7H7O2P.Na.H/c1-6-2-4-7(5-3-6)9-10-8;;/h2-5H,1H3;;. The Labute approximate surface area is 89.5 Å². The molecule has 4 heteroatoms. The Morgan fingerprint density at radius 2 is 1.82 bits per heavy atom. The summed E-state index contributed by atoms with van der Waals surface area (Å²) in [6, 6.07) is 7.36. The second-order valence-electron chi connectivity index (χ2n) is 1.98. The summed E-state index contributed by atoms with van der Waals surface area (Å²) >= 11 is 0. The normalized spacial score (nSPS) is 8.82. The Kier molecular flexibility index (Phi) is 5.79. The molecule has 0 heterocycles. The van der Waals surface area contributed by atoms with E-state index in [0.717, 1.165) is 5.56 Å². The van der Waals surface area contributed by atoms with Gasteiger partial charge in [0.2, 0.25) is 0 Å². The third kappa shape index (κ3) is 3.88. The SMILES string of the molecule is Cc1ccc(OP=O)cc1.[NaH]. The number of hydrogen-bond acceptors (Lipinski definition) is 2. The van der Waals surface area contributed by atoms with Crippen molar-refractivity contribution in [2.24, 2.45) is 0 Å². The molecule has 0 aliphatic heterocycles. The molecule has 1 rings (SSSR count). The molecule has 0 radical (unpaired) electrons. The summed E-state index contributed by atoms with van der Waals surface area (Å²) in [5.41, 5.74) is 1.16. The van der Waals surface area contributed by atoms with E-state index < -0.39 is 0 Å². The molecule has 0 atom stereocenters. The molecule has 54 valence electrons. The first kappa shape index (κ1) is 11.1. The minimum atomic E-state index is -0.304. The van der Waals surface area contributed by atoms with Crippen LogP contribution in [-0.2, 0) is 4.57 Å². The van der Waals surface area contributed by atoms with Gasteiger partial charge in [-0.1, -0.05) is 17.7 Å². The summed E-state index contributed by atoms with van der Waals surface area (Å²) in [4.78, 5) is 0. The van der Waals surface area contributed by atoms with Gasteiger partial charge in [-0.05, 0) is 19.1 Å². The average Bonchev–Trinajstić information content (AvgIpc) is 1.95. The van der Waals surface area contributed by atoms with E-state index in [-0.39, 0.29) is 38.2 Å². The van der Waals surface area contributed by atoms with Crippen molar-refractivity contribution in [1.29, 1.82) is 0 Å². The Balaban J connectivity index is 0.000001000. The van der Waals surface area contributed by atoms with E-state index in [1.54, 1.807) is 12.1 Å². The predicted octanol–water partition coefficient (Wildman–Crippen LogP) is 1.93. The van der Waals surface area contributed by atoms with Crippen molar-refractivity contribution in [3.8, 4) is 5.75 Å². The predicted molar refractivity (Wildman–Crippen MR) is 46.6 cm³/mol. The summed E-state index contributed by atoms with van der Waals surface area (Å²) in [5, 5.41) is 0. The first-order valence-electron chi connectivity index (χ1n) is 2.89. The number of benzene rings is 1. The quantitative estimate of drug-likeness (QED) is 0.511. The van der Waals surface area contributed by atoms with E-state index in [9.17, 15) is 4.57 Å². The zero-order valence-electron chi connectivity index (χ0n) is 5.57. The van der Waals surface area contributed by atoms with Crippen LogP contribution >= 0.6 is 8.69 Å². The Bertz CT molecular complexity index is 222. The zero-order valence-corrected chi connectivity index (χ0v) is 6.47. The molecule has 1 aromatic rings. The van der Waals surface area contributed by atoms with Gasteiger partial charge in [0.05, 0.1) is 0 Å². The molecule has 0 aliphatic carbocycles. The van der Waals surface area contributed by atoms with Crippen LogP contribution < -0.4 is 4.52 Å². The van der Waals surface area contributed by atoms with Crippen LogP contribution in [0.2, 0.25) is 0 Å². The molecule has 0 bridgehead atoms. The topological polar surface area (TPSA) is 26.3 Å². The Morgan fingerprint density at radius 1 is 1.27 bits per heavy atom. The summed E-state index contributed by atoms with van der Waals surface area (Å²) in [6.07, 6.45) is 0. The summed E-state index contributed by atoms with van der Waals surface area (Å²) in [5.74, 6) is 0.627. The van der Waals surface area contributed by atoms with Crippen molar-refractivity contribution < 1.29 is 9.09 Å². The van der Waals surface area contributed by atoms with Gasteiger partial charge in [0, 0.05) is 0 Å². The van der Waals surface area contributed by atoms with E-state index in [4.69, 9.17) is 0 Å². The molecule has 2 nitrogen and oxygen atoms in total. The number of hydrogen-bond donors (Lipinski definition) is 0. The van der Waals surface area contributed by atoms with Gasteiger partial charge in [0.1, 0.15) is 5.75 Å². The van der Waals surface area contributed by atoms with Gasteiger partial charge in [-0.3, -0.25) is 0 Å². The Hall–Kier alpha value is 0.120. The molecular weight excluding hydrogens is 170 g/mol. The van der Waals surface area contributed by atoms with Gasteiger partial charge < -0.3 is 4.52 Å². The molecule has 1 aromatic carbocycles. The molecule has 0 aliphatic rings. The molecule has 0 saturated heterocycles. The van der Waals surface area contributed by atoms with Crippen molar-refractivity contribution in [2.45, 2.75) is 6.92 Å². The van der Waals surface area contributed by atoms with Gasteiger partial charge >= 0.3 is 38.2 Å². The summed E-state index contributed by atoms with van der Waals surface area (Å²) < 4.78 is 14.6. The fourth-order valence-electron chi connectivity index (χ4n) is 0.642. The maximum absolute atomic E-state index is 9.93. The third-order valence-electron chi connectivity index (χ3n) is 1.16. The molecule has 0 aromatic heterocycles. The van der Waals surface area contributed by atoms with Crippen LogP contribution in [0.3, 0.4) is 0 Å². The van der Waals surface area contributed by atoms with Gasteiger partial charge in [-0.25, -0.2) is 4.57 Å². The van der Waals surface area contributed by atoms with Gasteiger partial charge in [0.25, 0.3) is 0 Å². The molecule has 0 N–H and O–H groups in total. The molecule has 0 unspecified atom stereocenters. The fraction of sp³-hybridized carbons (Fsp3) is 0.143. The zero-order chi connectivity index (χ0) is 7.40. The number of aryl methyl sites for hydroxylation is 1. The van der Waals surface area contributed by atoms with Crippen LogP contribution in [0.5, 0.6) is 5.75 Å². The van der Waals surface area contributed by atoms with Crippen molar-refractivity contribution in [2.75, 3.05) is 0 Å². The average molecular weight is 178 g/mol. The van der Waals surface area contributed by atoms with Crippen molar-refractivity contribution in [3.63, 3.8) is 0 Å².